The van der Waals surface area contributed by atoms with Crippen molar-refractivity contribution in [3.63, 3.8) is 0 Å². The minimum atomic E-state index is -3.08. The van der Waals surface area contributed by atoms with Gasteiger partial charge in [-0.2, -0.15) is 0 Å². The van der Waals surface area contributed by atoms with Gasteiger partial charge in [-0.3, -0.25) is 0 Å². The highest BCUT2D eigenvalue weighted by Gasteiger charge is 2.28. The fourth-order valence-corrected chi connectivity index (χ4v) is 3.08. The van der Waals surface area contributed by atoms with Crippen LogP contribution in [0.2, 0.25) is 0 Å². The van der Waals surface area contributed by atoms with Crippen LogP contribution in [0.1, 0.15) is 19.8 Å². The molecule has 5 heteroatoms. The van der Waals surface area contributed by atoms with Gasteiger partial charge in [-0.15, -0.1) is 11.6 Å². The summed E-state index contributed by atoms with van der Waals surface area (Å²) in [6.45, 7) is 2.53. The first-order chi connectivity index (χ1) is 6.45. The van der Waals surface area contributed by atoms with Gasteiger partial charge in [-0.05, 0) is 24.7 Å². The van der Waals surface area contributed by atoms with Crippen molar-refractivity contribution in [2.45, 2.75) is 19.8 Å². The molecule has 0 spiro atoms. The van der Waals surface area contributed by atoms with Gasteiger partial charge in [0.05, 0.1) is 5.75 Å². The summed E-state index contributed by atoms with van der Waals surface area (Å²) in [5.74, 6) is 1.19. The second kappa shape index (κ2) is 4.81. The number of sulfonamides is 1. The topological polar surface area (TPSA) is 37.4 Å². The molecule has 0 aromatic carbocycles. The Kier molecular flexibility index (Phi) is 4.22. The van der Waals surface area contributed by atoms with Crippen molar-refractivity contribution in [3.05, 3.63) is 0 Å². The molecule has 0 amide bonds. The zero-order valence-electron chi connectivity index (χ0n) is 8.74. The molecule has 1 saturated carbocycles. The summed E-state index contributed by atoms with van der Waals surface area (Å²) in [7, 11) is -1.42. The van der Waals surface area contributed by atoms with Gasteiger partial charge in [0.1, 0.15) is 0 Å². The average Bonchev–Trinajstić information content (AvgIpc) is 2.87. The molecule has 0 saturated heterocycles. The van der Waals surface area contributed by atoms with Gasteiger partial charge < -0.3 is 0 Å². The third-order valence-corrected chi connectivity index (χ3v) is 5.06. The summed E-state index contributed by atoms with van der Waals surface area (Å²) in [6, 6.07) is 0. The normalized spacial score (nSPS) is 20.0. The molecule has 1 unspecified atom stereocenters. The highest BCUT2D eigenvalue weighted by molar-refractivity contribution is 7.89. The first-order valence-corrected chi connectivity index (χ1v) is 7.10. The van der Waals surface area contributed by atoms with Crippen molar-refractivity contribution >= 4 is 21.6 Å². The Morgan fingerprint density at radius 2 is 2.07 bits per heavy atom. The maximum absolute atomic E-state index is 11.7. The minimum Gasteiger partial charge on any atom is -0.212 e. The first kappa shape index (κ1) is 12.3. The van der Waals surface area contributed by atoms with E-state index in [0.717, 1.165) is 0 Å². The van der Waals surface area contributed by atoms with Gasteiger partial charge >= 0.3 is 0 Å². The maximum Gasteiger partial charge on any atom is 0.214 e. The zero-order valence-corrected chi connectivity index (χ0v) is 10.3. The fourth-order valence-electron chi connectivity index (χ4n) is 1.31. The van der Waals surface area contributed by atoms with Crippen LogP contribution >= 0.6 is 11.6 Å². The van der Waals surface area contributed by atoms with Crippen molar-refractivity contribution in [2.24, 2.45) is 11.8 Å². The van der Waals surface area contributed by atoms with E-state index in [4.69, 9.17) is 11.6 Å². The molecule has 0 N–H and O–H groups in total. The number of nitrogens with zero attached hydrogens (tertiary/aromatic N) is 1. The van der Waals surface area contributed by atoms with E-state index in [-0.39, 0.29) is 11.7 Å². The van der Waals surface area contributed by atoms with E-state index >= 15 is 0 Å². The summed E-state index contributed by atoms with van der Waals surface area (Å²) in [4.78, 5) is 0. The summed E-state index contributed by atoms with van der Waals surface area (Å²) < 4.78 is 24.9. The molecule has 1 atom stereocenters. The van der Waals surface area contributed by atoms with Crippen LogP contribution in [0.15, 0.2) is 0 Å². The lowest BCUT2D eigenvalue weighted by Crippen LogP contribution is -2.33. The van der Waals surface area contributed by atoms with E-state index < -0.39 is 10.0 Å². The second-order valence-electron chi connectivity index (χ2n) is 4.26. The molecule has 84 valence electrons. The largest absolute Gasteiger partial charge is 0.214 e. The average molecular weight is 240 g/mol. The molecular weight excluding hydrogens is 222 g/mol. The molecule has 1 aliphatic rings. The monoisotopic (exact) mass is 239 g/mol. The highest BCUT2D eigenvalue weighted by Crippen LogP contribution is 2.30. The van der Waals surface area contributed by atoms with Gasteiger partial charge in [0.2, 0.25) is 10.0 Å². The Hall–Kier alpha value is 0.200. The molecule has 1 rings (SSSR count). The number of hydrogen-bond acceptors (Lipinski definition) is 2. The molecule has 14 heavy (non-hydrogen) atoms. The first-order valence-electron chi connectivity index (χ1n) is 4.95. The van der Waals surface area contributed by atoms with E-state index in [1.807, 2.05) is 6.92 Å². The smallest absolute Gasteiger partial charge is 0.212 e. The maximum atomic E-state index is 11.7. The Labute approximate surface area is 91.5 Å². The molecule has 1 fully saturated rings. The number of halogens is 1. The van der Waals surface area contributed by atoms with Gasteiger partial charge in [0.25, 0.3) is 0 Å². The van der Waals surface area contributed by atoms with Crippen LogP contribution in [0.25, 0.3) is 0 Å². The van der Waals surface area contributed by atoms with E-state index in [9.17, 15) is 8.42 Å². The van der Waals surface area contributed by atoms with Crippen LogP contribution in [0, 0.1) is 11.8 Å². The number of rotatable bonds is 6. The van der Waals surface area contributed by atoms with Gasteiger partial charge in [0, 0.05) is 19.5 Å². The van der Waals surface area contributed by atoms with Crippen molar-refractivity contribution in [1.29, 1.82) is 0 Å². The lowest BCUT2D eigenvalue weighted by atomic mass is 10.3. The fraction of sp³-hybridized carbons (Fsp3) is 1.00. The van der Waals surface area contributed by atoms with Gasteiger partial charge in [0.15, 0.2) is 0 Å². The van der Waals surface area contributed by atoms with Crippen LogP contribution < -0.4 is 0 Å². The van der Waals surface area contributed by atoms with Crippen LogP contribution in [0.5, 0.6) is 0 Å². The Balaban J connectivity index is 2.45. The van der Waals surface area contributed by atoms with E-state index in [2.05, 4.69) is 0 Å². The van der Waals surface area contributed by atoms with Crippen LogP contribution in [0.3, 0.4) is 0 Å². The zero-order chi connectivity index (χ0) is 10.8. The van der Waals surface area contributed by atoms with Crippen LogP contribution in [-0.4, -0.2) is 37.9 Å². The predicted octanol–water partition coefficient (Wildman–Crippen LogP) is 1.53. The Bertz CT molecular complexity index is 275. The third kappa shape index (κ3) is 3.75. The summed E-state index contributed by atoms with van der Waals surface area (Å²) in [6.07, 6.45) is 2.34. The predicted molar refractivity (Wildman–Crippen MR) is 59.0 cm³/mol. The molecular formula is C9H18ClNO2S. The summed E-state index contributed by atoms with van der Waals surface area (Å²) >= 11 is 5.60. The number of alkyl halides is 1. The van der Waals surface area contributed by atoms with Gasteiger partial charge in [-0.1, -0.05) is 6.92 Å². The van der Waals surface area contributed by atoms with E-state index in [1.54, 1.807) is 7.05 Å². The Morgan fingerprint density at radius 3 is 2.50 bits per heavy atom. The molecule has 0 aliphatic heterocycles. The molecule has 0 radical (unpaired) electrons. The Morgan fingerprint density at radius 1 is 1.50 bits per heavy atom. The van der Waals surface area contributed by atoms with E-state index in [0.29, 0.717) is 18.3 Å². The molecule has 0 aromatic heterocycles. The summed E-state index contributed by atoms with van der Waals surface area (Å²) in [5.41, 5.74) is 0. The second-order valence-corrected chi connectivity index (χ2v) is 6.69. The molecule has 1 aliphatic carbocycles. The van der Waals surface area contributed by atoms with Crippen LogP contribution in [-0.2, 0) is 10.0 Å². The van der Waals surface area contributed by atoms with Gasteiger partial charge in [-0.25, -0.2) is 12.7 Å². The van der Waals surface area contributed by atoms with Crippen LogP contribution in [0.4, 0.5) is 0 Å². The quantitative estimate of drug-likeness (QED) is 0.660. The van der Waals surface area contributed by atoms with Crippen molar-refractivity contribution < 1.29 is 8.42 Å². The van der Waals surface area contributed by atoms with Crippen molar-refractivity contribution in [3.8, 4) is 0 Å². The molecule has 0 heterocycles. The number of hydrogen-bond donors (Lipinski definition) is 0. The lowest BCUT2D eigenvalue weighted by Gasteiger charge is -2.18. The van der Waals surface area contributed by atoms with Crippen molar-refractivity contribution in [1.82, 2.24) is 4.31 Å². The lowest BCUT2D eigenvalue weighted by molar-refractivity contribution is 0.447. The standard InChI is InChI=1S/C9H18ClNO2S/c1-8(5-10)7-14(12,13)11(2)6-9-3-4-9/h8-9H,3-7H2,1-2H3. The highest BCUT2D eigenvalue weighted by atomic mass is 35.5. The molecule has 0 aromatic rings. The summed E-state index contributed by atoms with van der Waals surface area (Å²) in [5, 5.41) is 0. The third-order valence-electron chi connectivity index (χ3n) is 2.45. The minimum absolute atomic E-state index is 0.0309. The SMILES string of the molecule is CC(CCl)CS(=O)(=O)N(C)CC1CC1. The van der Waals surface area contributed by atoms with Crippen molar-refractivity contribution in [2.75, 3.05) is 25.2 Å². The molecule has 3 nitrogen and oxygen atoms in total. The molecule has 0 bridgehead atoms. The van der Waals surface area contributed by atoms with E-state index in [1.165, 1.54) is 17.1 Å².